The topological polar surface area (TPSA) is 41.1 Å². The van der Waals surface area contributed by atoms with Crippen LogP contribution in [0.5, 0.6) is 0 Å². The molecule has 0 aliphatic heterocycles. The van der Waals surface area contributed by atoms with Crippen molar-refractivity contribution in [2.45, 2.75) is 212 Å². The highest BCUT2D eigenvalue weighted by atomic mass is 16.1. The minimum absolute atomic E-state index is 0.809. The number of hydrogen-bond acceptors (Lipinski definition) is 2. The molecule has 0 aromatic rings. The lowest BCUT2D eigenvalue weighted by atomic mass is 10.0. The molecule has 0 heterocycles. The first-order valence-corrected chi connectivity index (χ1v) is 18.7. The van der Waals surface area contributed by atoms with E-state index in [-0.39, 0.29) is 0 Å². The Balaban J connectivity index is 3.02. The van der Waals surface area contributed by atoms with Crippen molar-refractivity contribution in [2.24, 2.45) is 0 Å². The lowest BCUT2D eigenvalue weighted by molar-refractivity contribution is -0.109. The summed E-state index contributed by atoms with van der Waals surface area (Å²) < 4.78 is 0. The van der Waals surface area contributed by atoms with Crippen molar-refractivity contribution in [3.05, 3.63) is 0 Å². The number of rotatable bonds is 37. The molecule has 0 aromatic heterocycles. The Morgan fingerprint density at radius 3 is 0.650 bits per heavy atom. The molecule has 3 heteroatoms. The van der Waals surface area contributed by atoms with Crippen LogP contribution >= 0.6 is 0 Å². The summed E-state index contributed by atoms with van der Waals surface area (Å²) in [5.74, 6) is 0. The Bertz CT molecular complexity index is 442. The monoisotopic (exact) mass is 565 g/mol. The zero-order valence-electron chi connectivity index (χ0n) is 27.7. The average Bonchev–Trinajstić information content (AvgIpc) is 2.97. The summed E-state index contributed by atoms with van der Waals surface area (Å²) in [5.41, 5.74) is 0. The Kier molecular flexibility index (Phi) is 37.9. The molecule has 0 saturated heterocycles. The van der Waals surface area contributed by atoms with Crippen LogP contribution in [0.25, 0.3) is 0 Å². The Labute approximate surface area is 253 Å². The summed E-state index contributed by atoms with van der Waals surface area (Å²) in [5, 5.41) is 5.98. The van der Waals surface area contributed by atoms with Gasteiger partial charge in [-0.3, -0.25) is 4.79 Å². The van der Waals surface area contributed by atoms with Gasteiger partial charge in [0.25, 0.3) is 0 Å². The van der Waals surface area contributed by atoms with Crippen LogP contribution in [0.4, 0.5) is 0 Å². The largest absolute Gasteiger partial charge is 0.359 e. The molecule has 3 nitrogen and oxygen atoms in total. The van der Waals surface area contributed by atoms with E-state index in [1.165, 1.54) is 212 Å². The predicted octanol–water partition coefficient (Wildman–Crippen LogP) is 11.8. The third-order valence-electron chi connectivity index (χ3n) is 8.83. The lowest BCUT2D eigenvalue weighted by Crippen LogP contribution is -2.11. The van der Waals surface area contributed by atoms with Crippen LogP contribution in [0, 0.1) is 0 Å². The van der Waals surface area contributed by atoms with Crippen LogP contribution in [0.1, 0.15) is 212 Å². The van der Waals surface area contributed by atoms with Gasteiger partial charge in [0, 0.05) is 6.54 Å². The van der Waals surface area contributed by atoms with Gasteiger partial charge in [-0.15, -0.1) is 0 Å². The van der Waals surface area contributed by atoms with Crippen molar-refractivity contribution in [1.29, 1.82) is 0 Å². The minimum atomic E-state index is 0.809. The first kappa shape index (κ1) is 39.4. The fraction of sp³-hybridized carbons (Fsp3) is 0.973. The highest BCUT2D eigenvalue weighted by Gasteiger charge is 1.97. The summed E-state index contributed by atoms with van der Waals surface area (Å²) in [6.45, 7) is 2.04. The van der Waals surface area contributed by atoms with Crippen LogP contribution in [-0.2, 0) is 4.79 Å². The maximum atomic E-state index is 10.2. The molecule has 0 spiro atoms. The standard InChI is InChI=1S/C37H76N2O/c1-38-35-33-31-29-27-25-23-21-19-17-15-13-11-9-7-5-3-2-4-6-8-10-12-14-16-18-20-22-24-26-28-30-32-34-36-39-37-40/h37-38H,2-36H2,1H3,(H,39,40). The minimum Gasteiger partial charge on any atom is -0.359 e. The molecule has 0 saturated carbocycles. The molecule has 0 aliphatic carbocycles. The molecule has 0 unspecified atom stereocenters. The van der Waals surface area contributed by atoms with Crippen LogP contribution in [-0.4, -0.2) is 26.5 Å². The number of amides is 1. The van der Waals surface area contributed by atoms with Gasteiger partial charge in [0.05, 0.1) is 0 Å². The lowest BCUT2D eigenvalue weighted by Gasteiger charge is -2.05. The second-order valence-electron chi connectivity index (χ2n) is 12.8. The summed E-state index contributed by atoms with van der Waals surface area (Å²) in [4.78, 5) is 10.2. The van der Waals surface area contributed by atoms with E-state index in [2.05, 4.69) is 17.7 Å². The van der Waals surface area contributed by atoms with Gasteiger partial charge >= 0.3 is 0 Å². The molecule has 0 aromatic carbocycles. The first-order chi connectivity index (χ1) is 19.9. The van der Waals surface area contributed by atoms with Gasteiger partial charge in [-0.1, -0.05) is 199 Å². The van der Waals surface area contributed by atoms with E-state index < -0.39 is 0 Å². The highest BCUT2D eigenvalue weighted by Crippen LogP contribution is 2.16. The van der Waals surface area contributed by atoms with Crippen LogP contribution < -0.4 is 10.6 Å². The summed E-state index contributed by atoms with van der Waals surface area (Å²) in [7, 11) is 2.06. The van der Waals surface area contributed by atoms with Crippen molar-refractivity contribution in [3.8, 4) is 0 Å². The smallest absolute Gasteiger partial charge is 0.207 e. The summed E-state index contributed by atoms with van der Waals surface area (Å²) >= 11 is 0. The highest BCUT2D eigenvalue weighted by molar-refractivity contribution is 5.45. The molecular weight excluding hydrogens is 488 g/mol. The van der Waals surface area contributed by atoms with Crippen molar-refractivity contribution in [3.63, 3.8) is 0 Å². The third kappa shape index (κ3) is 37.4. The number of nitrogens with one attached hydrogen (secondary N) is 2. The van der Waals surface area contributed by atoms with Gasteiger partial charge in [0.1, 0.15) is 0 Å². The van der Waals surface area contributed by atoms with Crippen LogP contribution in [0.3, 0.4) is 0 Å². The third-order valence-corrected chi connectivity index (χ3v) is 8.83. The Morgan fingerprint density at radius 1 is 0.300 bits per heavy atom. The fourth-order valence-corrected chi connectivity index (χ4v) is 6.07. The van der Waals surface area contributed by atoms with Crippen molar-refractivity contribution in [1.82, 2.24) is 10.6 Å². The maximum absolute atomic E-state index is 10.2. The molecule has 0 bridgehead atoms. The Hall–Kier alpha value is -0.570. The molecule has 0 rings (SSSR count). The molecule has 2 N–H and O–H groups in total. The van der Waals surface area contributed by atoms with E-state index in [0.29, 0.717) is 0 Å². The second-order valence-corrected chi connectivity index (χ2v) is 12.8. The van der Waals surface area contributed by atoms with Crippen LogP contribution in [0.2, 0.25) is 0 Å². The van der Waals surface area contributed by atoms with E-state index in [9.17, 15) is 4.79 Å². The maximum Gasteiger partial charge on any atom is 0.207 e. The Morgan fingerprint density at radius 2 is 0.475 bits per heavy atom. The SMILES string of the molecule is CNCCCCCCCCCCCCCCCCCCCCCCCCCCCCCCCCCCCNC=O. The quantitative estimate of drug-likeness (QED) is 0.0582. The molecular formula is C37H76N2O. The van der Waals surface area contributed by atoms with E-state index >= 15 is 0 Å². The van der Waals surface area contributed by atoms with Gasteiger partial charge in [0.15, 0.2) is 0 Å². The summed E-state index contributed by atoms with van der Waals surface area (Å²) in [6.07, 6.45) is 48.2. The van der Waals surface area contributed by atoms with Crippen LogP contribution in [0.15, 0.2) is 0 Å². The molecule has 0 fully saturated rings. The number of carbonyl (C=O) groups excluding carboxylic acids is 1. The second kappa shape index (κ2) is 38.4. The van der Waals surface area contributed by atoms with Crippen molar-refractivity contribution < 1.29 is 4.79 Å². The van der Waals surface area contributed by atoms with Gasteiger partial charge in [-0.05, 0) is 26.4 Å². The normalized spacial score (nSPS) is 11.3. The number of carbonyl (C=O) groups is 1. The average molecular weight is 565 g/mol. The van der Waals surface area contributed by atoms with Crippen molar-refractivity contribution >= 4 is 6.41 Å². The van der Waals surface area contributed by atoms with E-state index in [4.69, 9.17) is 0 Å². The van der Waals surface area contributed by atoms with E-state index in [1.54, 1.807) is 0 Å². The molecule has 0 atom stereocenters. The van der Waals surface area contributed by atoms with Gasteiger partial charge in [0.2, 0.25) is 6.41 Å². The van der Waals surface area contributed by atoms with Gasteiger partial charge < -0.3 is 10.6 Å². The summed E-state index contributed by atoms with van der Waals surface area (Å²) in [6, 6.07) is 0. The van der Waals surface area contributed by atoms with Gasteiger partial charge in [-0.25, -0.2) is 0 Å². The molecule has 0 aliphatic rings. The molecule has 0 radical (unpaired) electrons. The zero-order valence-corrected chi connectivity index (χ0v) is 27.7. The van der Waals surface area contributed by atoms with Crippen molar-refractivity contribution in [2.75, 3.05) is 20.1 Å². The van der Waals surface area contributed by atoms with E-state index in [0.717, 1.165) is 19.4 Å². The first-order valence-electron chi connectivity index (χ1n) is 18.7. The fourth-order valence-electron chi connectivity index (χ4n) is 6.07. The number of hydrogen-bond donors (Lipinski definition) is 2. The van der Waals surface area contributed by atoms with Gasteiger partial charge in [-0.2, -0.15) is 0 Å². The molecule has 240 valence electrons. The number of unbranched alkanes of at least 4 members (excludes halogenated alkanes) is 32. The predicted molar refractivity (Wildman–Crippen MR) is 180 cm³/mol. The molecule has 1 amide bonds. The van der Waals surface area contributed by atoms with E-state index in [1.807, 2.05) is 0 Å². The molecule has 40 heavy (non-hydrogen) atoms. The zero-order chi connectivity index (χ0) is 28.9.